The monoisotopic (exact) mass is 389 g/mol. The maximum absolute atomic E-state index is 13.1. The molecule has 2 aliphatic heterocycles. The molecule has 2 aromatic heterocycles. The van der Waals surface area contributed by atoms with Crippen molar-refractivity contribution in [2.24, 2.45) is 0 Å². The number of rotatable bonds is 5. The Balaban J connectivity index is 1.76. The van der Waals surface area contributed by atoms with Crippen LogP contribution < -0.4 is 0 Å². The van der Waals surface area contributed by atoms with Gasteiger partial charge in [0.1, 0.15) is 6.04 Å². The predicted octanol–water partition coefficient (Wildman–Crippen LogP) is 3.88. The second-order valence-electron chi connectivity index (χ2n) is 6.53. The second kappa shape index (κ2) is 6.98. The van der Waals surface area contributed by atoms with E-state index in [1.165, 1.54) is 22.7 Å². The van der Waals surface area contributed by atoms with Crippen molar-refractivity contribution in [3.05, 3.63) is 55.6 Å². The number of aliphatic hydroxyl groups is 1. The van der Waals surface area contributed by atoms with Gasteiger partial charge in [0.05, 0.1) is 16.6 Å². The van der Waals surface area contributed by atoms with Crippen LogP contribution in [0.4, 0.5) is 0 Å². The summed E-state index contributed by atoms with van der Waals surface area (Å²) in [4.78, 5) is 28.9. The highest BCUT2D eigenvalue weighted by molar-refractivity contribution is 7.12. The van der Waals surface area contributed by atoms with Crippen LogP contribution in [0.2, 0.25) is 0 Å². The van der Waals surface area contributed by atoms with Gasteiger partial charge in [-0.3, -0.25) is 9.59 Å². The van der Waals surface area contributed by atoms with Gasteiger partial charge in [0.25, 0.3) is 5.91 Å². The number of ketones is 1. The lowest BCUT2D eigenvalue weighted by atomic mass is 9.99. The summed E-state index contributed by atoms with van der Waals surface area (Å²) in [5, 5.41) is 14.3. The highest BCUT2D eigenvalue weighted by Gasteiger charge is 2.45. The molecule has 26 heavy (non-hydrogen) atoms. The van der Waals surface area contributed by atoms with Gasteiger partial charge in [-0.05, 0) is 48.2 Å². The quantitative estimate of drug-likeness (QED) is 0.788. The fraction of sp³-hybridized carbons (Fsp3) is 0.368. The lowest BCUT2D eigenvalue weighted by molar-refractivity contribution is -0.130. The molecule has 2 aliphatic rings. The Morgan fingerprint density at radius 2 is 2.19 bits per heavy atom. The molecule has 1 amide bonds. The standard InChI is InChI=1S/C19H19NO4S2/c1-11-6-9-26-18(11)15-14(16(21)13-5-3-8-25-13)17(22)19(23)20(15)10-12-4-2-7-24-12/h3,5-6,8-9,12,15,22H,2,4,7,10H2,1H3. The van der Waals surface area contributed by atoms with E-state index in [1.54, 1.807) is 17.0 Å². The van der Waals surface area contributed by atoms with Gasteiger partial charge in [-0.15, -0.1) is 22.7 Å². The van der Waals surface area contributed by atoms with Gasteiger partial charge in [-0.2, -0.15) is 0 Å². The molecular weight excluding hydrogens is 370 g/mol. The number of hydrogen-bond donors (Lipinski definition) is 1. The van der Waals surface area contributed by atoms with Crippen LogP contribution in [0.3, 0.4) is 0 Å². The summed E-state index contributed by atoms with van der Waals surface area (Å²) < 4.78 is 5.69. The number of amides is 1. The van der Waals surface area contributed by atoms with E-state index in [1.807, 2.05) is 23.8 Å². The van der Waals surface area contributed by atoms with Crippen LogP contribution in [0.1, 0.15) is 39.0 Å². The molecule has 0 bridgehead atoms. The third kappa shape index (κ3) is 2.90. The number of ether oxygens (including phenoxy) is 1. The molecule has 5 nitrogen and oxygen atoms in total. The number of hydrogen-bond acceptors (Lipinski definition) is 6. The van der Waals surface area contributed by atoms with E-state index in [9.17, 15) is 14.7 Å². The van der Waals surface area contributed by atoms with E-state index >= 15 is 0 Å². The SMILES string of the molecule is Cc1ccsc1C1C(C(=O)c2cccs2)=C(O)C(=O)N1CC1CCCO1. The molecule has 0 spiro atoms. The van der Waals surface area contributed by atoms with E-state index in [-0.39, 0.29) is 17.5 Å². The van der Waals surface area contributed by atoms with Gasteiger partial charge in [0.15, 0.2) is 5.76 Å². The third-order valence-corrected chi connectivity index (χ3v) is 6.81. The number of aliphatic hydroxyl groups excluding tert-OH is 1. The topological polar surface area (TPSA) is 66.8 Å². The van der Waals surface area contributed by atoms with E-state index in [2.05, 4.69) is 0 Å². The normalized spacial score (nSPS) is 23.3. The predicted molar refractivity (Wildman–Crippen MR) is 101 cm³/mol. The molecule has 7 heteroatoms. The van der Waals surface area contributed by atoms with Crippen LogP contribution in [0, 0.1) is 6.92 Å². The Bertz CT molecular complexity index is 862. The largest absolute Gasteiger partial charge is 0.503 e. The first-order chi connectivity index (χ1) is 12.6. The molecule has 0 aromatic carbocycles. The van der Waals surface area contributed by atoms with Crippen LogP contribution in [-0.4, -0.2) is 41.0 Å². The molecule has 0 radical (unpaired) electrons. The Morgan fingerprint density at radius 1 is 1.35 bits per heavy atom. The van der Waals surface area contributed by atoms with Crippen LogP contribution >= 0.6 is 22.7 Å². The highest BCUT2D eigenvalue weighted by atomic mass is 32.1. The molecule has 1 saturated heterocycles. The summed E-state index contributed by atoms with van der Waals surface area (Å²) in [5.41, 5.74) is 1.19. The van der Waals surface area contributed by atoms with Crippen molar-refractivity contribution in [1.82, 2.24) is 4.90 Å². The minimum absolute atomic E-state index is 0.0503. The zero-order valence-electron chi connectivity index (χ0n) is 14.3. The van der Waals surface area contributed by atoms with Gasteiger partial charge in [0, 0.05) is 18.0 Å². The molecule has 136 valence electrons. The smallest absolute Gasteiger partial charge is 0.290 e. The first kappa shape index (κ1) is 17.5. The number of thiophene rings is 2. The average molecular weight is 389 g/mol. The van der Waals surface area contributed by atoms with Crippen molar-refractivity contribution >= 4 is 34.4 Å². The summed E-state index contributed by atoms with van der Waals surface area (Å²) in [7, 11) is 0. The molecular formula is C19H19NO4S2. The minimum Gasteiger partial charge on any atom is -0.503 e. The number of Topliss-reactive ketones (excluding diaryl/α,β-unsaturated/α-hetero) is 1. The molecule has 4 rings (SSSR count). The van der Waals surface area contributed by atoms with Gasteiger partial charge < -0.3 is 14.7 Å². The third-order valence-electron chi connectivity index (χ3n) is 4.87. The van der Waals surface area contributed by atoms with E-state index in [0.717, 1.165) is 23.3 Å². The van der Waals surface area contributed by atoms with E-state index in [4.69, 9.17) is 4.74 Å². The summed E-state index contributed by atoms with van der Waals surface area (Å²) in [5.74, 6) is -1.20. The summed E-state index contributed by atoms with van der Waals surface area (Å²) in [6.07, 6.45) is 1.80. The Hall–Kier alpha value is -1.96. The molecule has 2 atom stereocenters. The number of carbonyl (C=O) groups excluding carboxylic acids is 2. The van der Waals surface area contributed by atoms with Crippen molar-refractivity contribution in [3.8, 4) is 0 Å². The van der Waals surface area contributed by atoms with Gasteiger partial charge in [-0.1, -0.05) is 6.07 Å². The molecule has 0 aliphatic carbocycles. The molecule has 2 aromatic rings. The molecule has 0 saturated carbocycles. The van der Waals surface area contributed by atoms with Crippen molar-refractivity contribution in [3.63, 3.8) is 0 Å². The van der Waals surface area contributed by atoms with Crippen LogP contribution in [0.15, 0.2) is 40.3 Å². The zero-order valence-corrected chi connectivity index (χ0v) is 15.9. The maximum atomic E-state index is 13.1. The number of carbonyl (C=O) groups is 2. The Kier molecular flexibility index (Phi) is 4.69. The number of aryl methyl sites for hydroxylation is 1. The van der Waals surface area contributed by atoms with E-state index in [0.29, 0.717) is 18.0 Å². The lowest BCUT2D eigenvalue weighted by Crippen LogP contribution is -2.37. The maximum Gasteiger partial charge on any atom is 0.290 e. The summed E-state index contributed by atoms with van der Waals surface area (Å²) >= 11 is 2.81. The first-order valence-electron chi connectivity index (χ1n) is 8.56. The lowest BCUT2D eigenvalue weighted by Gasteiger charge is -2.28. The Morgan fingerprint density at radius 3 is 2.81 bits per heavy atom. The Labute approximate surface area is 159 Å². The fourth-order valence-electron chi connectivity index (χ4n) is 3.56. The number of nitrogens with zero attached hydrogens (tertiary/aromatic N) is 1. The van der Waals surface area contributed by atoms with Gasteiger partial charge >= 0.3 is 0 Å². The van der Waals surface area contributed by atoms with E-state index < -0.39 is 17.7 Å². The average Bonchev–Trinajstić information content (AvgIpc) is 3.40. The molecule has 2 unspecified atom stereocenters. The van der Waals surface area contributed by atoms with Crippen LogP contribution in [0.5, 0.6) is 0 Å². The molecule has 1 N–H and O–H groups in total. The van der Waals surface area contributed by atoms with Crippen molar-refractivity contribution in [2.75, 3.05) is 13.2 Å². The molecule has 1 fully saturated rings. The van der Waals surface area contributed by atoms with Crippen LogP contribution in [-0.2, 0) is 9.53 Å². The summed E-state index contributed by atoms with van der Waals surface area (Å²) in [6, 6.07) is 4.93. The van der Waals surface area contributed by atoms with Crippen LogP contribution in [0.25, 0.3) is 0 Å². The van der Waals surface area contributed by atoms with Gasteiger partial charge in [0.2, 0.25) is 5.78 Å². The fourth-order valence-corrected chi connectivity index (χ4v) is 5.28. The highest BCUT2D eigenvalue weighted by Crippen LogP contribution is 2.43. The van der Waals surface area contributed by atoms with Crippen molar-refractivity contribution in [1.29, 1.82) is 0 Å². The second-order valence-corrected chi connectivity index (χ2v) is 8.43. The molecule has 4 heterocycles. The first-order valence-corrected chi connectivity index (χ1v) is 10.3. The summed E-state index contributed by atoms with van der Waals surface area (Å²) in [6.45, 7) is 3.03. The van der Waals surface area contributed by atoms with Crippen molar-refractivity contribution in [2.45, 2.75) is 31.9 Å². The van der Waals surface area contributed by atoms with Crippen molar-refractivity contribution < 1.29 is 19.4 Å². The zero-order chi connectivity index (χ0) is 18.3. The minimum atomic E-state index is -0.554. The van der Waals surface area contributed by atoms with Gasteiger partial charge in [-0.25, -0.2) is 0 Å².